The van der Waals surface area contributed by atoms with Crippen LogP contribution in [0.5, 0.6) is 11.5 Å². The van der Waals surface area contributed by atoms with Gasteiger partial charge in [-0.25, -0.2) is 19.6 Å². The molecule has 16 heteroatoms. The number of carbonyl (C=O) groups excluding carboxylic acids is 4. The molecule has 52 heavy (non-hydrogen) atoms. The number of ether oxygens (including phenoxy) is 8. The van der Waals surface area contributed by atoms with Crippen molar-refractivity contribution < 1.29 is 57.1 Å². The van der Waals surface area contributed by atoms with Crippen molar-refractivity contribution in [2.45, 2.75) is 49.3 Å². The first-order valence-electron chi connectivity index (χ1n) is 17.4. The molecule has 0 bridgehead atoms. The summed E-state index contributed by atoms with van der Waals surface area (Å²) in [4.78, 5) is 51.1. The summed E-state index contributed by atoms with van der Waals surface area (Å²) < 4.78 is 44.6. The van der Waals surface area contributed by atoms with E-state index in [0.717, 1.165) is 47.6 Å². The maximum absolute atomic E-state index is 13.7. The van der Waals surface area contributed by atoms with Crippen LogP contribution >= 0.6 is 23.5 Å². The molecule has 1 saturated heterocycles. The Labute approximate surface area is 314 Å². The van der Waals surface area contributed by atoms with Crippen LogP contribution in [0, 0.1) is 0 Å². The highest BCUT2D eigenvalue weighted by atomic mass is 32.2. The first-order valence-corrected chi connectivity index (χ1v) is 19.0. The normalized spacial score (nSPS) is 13.8. The fourth-order valence-corrected chi connectivity index (χ4v) is 7.33. The van der Waals surface area contributed by atoms with E-state index in [9.17, 15) is 19.2 Å². The van der Waals surface area contributed by atoms with Gasteiger partial charge in [-0.3, -0.25) is 9.59 Å². The minimum atomic E-state index is -0.498. The number of esters is 2. The molecule has 3 rings (SSSR count). The average Bonchev–Trinajstić information content (AvgIpc) is 3.69. The van der Waals surface area contributed by atoms with Crippen LogP contribution in [0.1, 0.15) is 39.5 Å². The first-order chi connectivity index (χ1) is 25.4. The lowest BCUT2D eigenvalue weighted by Gasteiger charge is -2.27. The van der Waals surface area contributed by atoms with Crippen LogP contribution in [-0.4, -0.2) is 126 Å². The quantitative estimate of drug-likeness (QED) is 0.0508. The molecule has 0 aromatic heterocycles. The van der Waals surface area contributed by atoms with Gasteiger partial charge in [0.2, 0.25) is 0 Å². The van der Waals surface area contributed by atoms with Gasteiger partial charge >= 0.3 is 11.9 Å². The third-order valence-corrected chi connectivity index (χ3v) is 9.89. The van der Waals surface area contributed by atoms with E-state index in [1.54, 1.807) is 22.2 Å². The SMILES string of the molecule is C=CC(=O)OCCOCCOCCOc1ccc(OCCOCCOCCOC(=O)C=C)c2c1SC(=C1C(=O)N(CCCC)N(CCCC)C1=O)S2. The van der Waals surface area contributed by atoms with Gasteiger partial charge in [-0.05, 0) is 25.0 Å². The maximum atomic E-state index is 13.7. The monoisotopic (exact) mass is 766 g/mol. The lowest BCUT2D eigenvalue weighted by Crippen LogP contribution is -2.42. The number of carbonyl (C=O) groups is 4. The van der Waals surface area contributed by atoms with Gasteiger partial charge in [0.1, 0.15) is 43.5 Å². The number of amides is 2. The number of nitrogens with zero attached hydrogens (tertiary/aromatic N) is 2. The number of hydrogen-bond donors (Lipinski definition) is 0. The van der Waals surface area contributed by atoms with Gasteiger partial charge < -0.3 is 37.9 Å². The molecular weight excluding hydrogens is 717 g/mol. The number of fused-ring (bicyclic) bond motifs is 1. The van der Waals surface area contributed by atoms with Gasteiger partial charge in [0, 0.05) is 25.2 Å². The second kappa shape index (κ2) is 24.7. The summed E-state index contributed by atoms with van der Waals surface area (Å²) in [6, 6.07) is 3.60. The van der Waals surface area contributed by atoms with Crippen LogP contribution in [0.2, 0.25) is 0 Å². The predicted molar refractivity (Wildman–Crippen MR) is 195 cm³/mol. The fraction of sp³-hybridized carbons (Fsp3) is 0.556. The summed E-state index contributed by atoms with van der Waals surface area (Å²) in [5.74, 6) is -0.410. The third kappa shape index (κ3) is 13.8. The number of unbranched alkanes of at least 4 members (excludes halogenated alkanes) is 2. The zero-order chi connectivity index (χ0) is 37.6. The molecule has 0 spiro atoms. The van der Waals surface area contributed by atoms with E-state index in [1.165, 1.54) is 23.5 Å². The molecule has 0 unspecified atom stereocenters. The smallest absolute Gasteiger partial charge is 0.330 e. The third-order valence-electron chi connectivity index (χ3n) is 7.26. The number of rotatable bonds is 28. The van der Waals surface area contributed by atoms with Crippen LogP contribution in [0.15, 0.2) is 57.0 Å². The van der Waals surface area contributed by atoms with E-state index < -0.39 is 11.9 Å². The summed E-state index contributed by atoms with van der Waals surface area (Å²) in [6.45, 7) is 14.9. The molecule has 0 radical (unpaired) electrons. The summed E-state index contributed by atoms with van der Waals surface area (Å²) in [5.41, 5.74) is 0.167. The number of benzene rings is 1. The molecule has 2 aliphatic heterocycles. The van der Waals surface area contributed by atoms with Crippen LogP contribution in [0.4, 0.5) is 0 Å². The van der Waals surface area contributed by atoms with E-state index >= 15 is 0 Å². The molecular formula is C36H50N2O12S2. The van der Waals surface area contributed by atoms with Gasteiger partial charge in [-0.15, -0.1) is 0 Å². The van der Waals surface area contributed by atoms with Crippen molar-refractivity contribution in [2.24, 2.45) is 0 Å². The van der Waals surface area contributed by atoms with Crippen LogP contribution in [-0.2, 0) is 47.6 Å². The summed E-state index contributed by atoms with van der Waals surface area (Å²) in [5, 5.41) is 3.18. The number of thioether (sulfide) groups is 2. The lowest BCUT2D eigenvalue weighted by molar-refractivity contribution is -0.147. The Morgan fingerprint density at radius 2 is 0.981 bits per heavy atom. The van der Waals surface area contributed by atoms with Crippen molar-refractivity contribution in [3.05, 3.63) is 47.3 Å². The van der Waals surface area contributed by atoms with Crippen molar-refractivity contribution in [1.82, 2.24) is 10.0 Å². The van der Waals surface area contributed by atoms with E-state index in [1.807, 2.05) is 0 Å². The Kier molecular flexibility index (Phi) is 20.3. The van der Waals surface area contributed by atoms with Crippen molar-refractivity contribution in [1.29, 1.82) is 0 Å². The Morgan fingerprint density at radius 1 is 0.615 bits per heavy atom. The van der Waals surface area contributed by atoms with Crippen molar-refractivity contribution in [2.75, 3.05) is 92.4 Å². The minimum Gasteiger partial charge on any atom is -0.490 e. The lowest BCUT2D eigenvalue weighted by atomic mass is 10.3. The molecule has 1 fully saturated rings. The van der Waals surface area contributed by atoms with Crippen LogP contribution in [0.3, 0.4) is 0 Å². The molecule has 0 N–H and O–H groups in total. The van der Waals surface area contributed by atoms with Crippen LogP contribution in [0.25, 0.3) is 0 Å². The summed E-state index contributed by atoms with van der Waals surface area (Å²) in [7, 11) is 0. The second-order valence-corrected chi connectivity index (χ2v) is 13.3. The molecule has 0 atom stereocenters. The second-order valence-electron chi connectivity index (χ2n) is 11.0. The summed E-state index contributed by atoms with van der Waals surface area (Å²) >= 11 is 2.66. The number of hydrazine groups is 1. The van der Waals surface area contributed by atoms with E-state index in [-0.39, 0.29) is 57.0 Å². The van der Waals surface area contributed by atoms with E-state index in [4.69, 9.17) is 37.9 Å². The molecule has 1 aromatic carbocycles. The molecule has 288 valence electrons. The zero-order valence-electron chi connectivity index (χ0n) is 30.1. The van der Waals surface area contributed by atoms with Gasteiger partial charge in [0.25, 0.3) is 11.8 Å². The van der Waals surface area contributed by atoms with E-state index in [2.05, 4.69) is 27.0 Å². The highest BCUT2D eigenvalue weighted by Gasteiger charge is 2.44. The fourth-order valence-electron chi connectivity index (χ4n) is 4.64. The van der Waals surface area contributed by atoms with Crippen molar-refractivity contribution in [3.8, 4) is 11.5 Å². The largest absolute Gasteiger partial charge is 0.490 e. The highest BCUT2D eigenvalue weighted by Crippen LogP contribution is 2.59. The van der Waals surface area contributed by atoms with Crippen molar-refractivity contribution in [3.63, 3.8) is 0 Å². The topological polar surface area (TPSA) is 149 Å². The minimum absolute atomic E-state index is 0.136. The van der Waals surface area contributed by atoms with Crippen molar-refractivity contribution >= 4 is 47.3 Å². The molecule has 2 heterocycles. The Hall–Kier alpha value is -3.54. The standard InChI is InChI=1S/C36H50N2O12S2/c1-5-9-13-37-34(41)31(35(42)38(37)14-10-6-2)36-51-32-27(47-23-19-43-15-17-45-21-25-49-29(39)7-3)11-12-28(33(32)52-36)48-24-20-44-16-18-46-22-26-50-30(40)8-4/h7-8,11-12H,3-6,9-10,13-26H2,1-2H3. The Morgan fingerprint density at radius 3 is 1.35 bits per heavy atom. The molecule has 2 aliphatic rings. The molecule has 0 aliphatic carbocycles. The van der Waals surface area contributed by atoms with Crippen LogP contribution < -0.4 is 9.47 Å². The van der Waals surface area contributed by atoms with Gasteiger partial charge in [0.05, 0.1) is 66.9 Å². The maximum Gasteiger partial charge on any atom is 0.330 e. The van der Waals surface area contributed by atoms with Gasteiger partial charge in [0.15, 0.2) is 0 Å². The van der Waals surface area contributed by atoms with Gasteiger partial charge in [-0.2, -0.15) is 0 Å². The Bertz CT molecular complexity index is 1290. The number of hydrogen-bond acceptors (Lipinski definition) is 14. The van der Waals surface area contributed by atoms with Gasteiger partial charge in [-0.1, -0.05) is 63.4 Å². The van der Waals surface area contributed by atoms with E-state index in [0.29, 0.717) is 68.5 Å². The Balaban J connectivity index is 1.61. The molecule has 2 amide bonds. The average molecular weight is 767 g/mol. The predicted octanol–water partition coefficient (Wildman–Crippen LogP) is 4.56. The highest BCUT2D eigenvalue weighted by molar-refractivity contribution is 8.25. The first kappa shape index (κ1) is 42.9. The molecule has 0 saturated carbocycles. The summed E-state index contributed by atoms with van der Waals surface area (Å²) in [6.07, 6.45) is 5.57. The molecule has 1 aromatic rings. The molecule has 14 nitrogen and oxygen atoms in total. The zero-order valence-corrected chi connectivity index (χ0v) is 31.7.